The fourth-order valence-corrected chi connectivity index (χ4v) is 4.84. The molecule has 0 unspecified atom stereocenters. The van der Waals surface area contributed by atoms with Gasteiger partial charge >= 0.3 is 0 Å². The van der Waals surface area contributed by atoms with E-state index in [2.05, 4.69) is 0 Å². The minimum Gasteiger partial charge on any atom is -0.396 e. The van der Waals surface area contributed by atoms with Crippen molar-refractivity contribution < 1.29 is 17.9 Å². The van der Waals surface area contributed by atoms with Gasteiger partial charge in [0.1, 0.15) is 5.82 Å². The van der Waals surface area contributed by atoms with Crippen LogP contribution < -0.4 is 5.73 Å². The summed E-state index contributed by atoms with van der Waals surface area (Å²) < 4.78 is 36.7. The molecule has 2 rings (SSSR count). The zero-order chi connectivity index (χ0) is 13.6. The van der Waals surface area contributed by atoms with E-state index >= 15 is 0 Å². The van der Waals surface area contributed by atoms with E-state index in [0.29, 0.717) is 5.56 Å². The van der Waals surface area contributed by atoms with Gasteiger partial charge in [0, 0.05) is 24.1 Å². The molecule has 0 spiro atoms. The number of benzene rings is 1. The second-order valence-electron chi connectivity index (χ2n) is 4.88. The number of halogens is 1. The molecule has 100 valence electrons. The van der Waals surface area contributed by atoms with Crippen LogP contribution in [0.15, 0.2) is 24.3 Å². The van der Waals surface area contributed by atoms with Gasteiger partial charge in [0.2, 0.25) is 0 Å². The average Bonchev–Trinajstić information content (AvgIpc) is 2.98. The highest BCUT2D eigenvalue weighted by Crippen LogP contribution is 2.61. The molecule has 0 saturated heterocycles. The van der Waals surface area contributed by atoms with Crippen LogP contribution >= 0.6 is 0 Å². The second-order valence-corrected chi connectivity index (χ2v) is 7.05. The molecule has 1 fully saturated rings. The Kier molecular flexibility index (Phi) is 3.21. The van der Waals surface area contributed by atoms with Crippen LogP contribution in [0.2, 0.25) is 0 Å². The lowest BCUT2D eigenvalue weighted by Crippen LogP contribution is -2.27. The highest BCUT2D eigenvalue weighted by atomic mass is 32.2. The monoisotopic (exact) mass is 273 g/mol. The summed E-state index contributed by atoms with van der Waals surface area (Å²) in [5.74, 6) is -0.853. The van der Waals surface area contributed by atoms with Crippen molar-refractivity contribution >= 4 is 9.84 Å². The highest BCUT2D eigenvalue weighted by molar-refractivity contribution is 7.91. The summed E-state index contributed by atoms with van der Waals surface area (Å²) in [5.41, 5.74) is 5.31. The van der Waals surface area contributed by atoms with Gasteiger partial charge in [-0.05, 0) is 17.7 Å². The van der Waals surface area contributed by atoms with Crippen LogP contribution in [0.25, 0.3) is 0 Å². The zero-order valence-electron chi connectivity index (χ0n) is 10.0. The van der Waals surface area contributed by atoms with Gasteiger partial charge in [-0.1, -0.05) is 12.1 Å². The summed E-state index contributed by atoms with van der Waals surface area (Å²) in [7, 11) is -3.33. The van der Waals surface area contributed by atoms with E-state index in [0.717, 1.165) is 6.26 Å². The summed E-state index contributed by atoms with van der Waals surface area (Å²) >= 11 is 0. The van der Waals surface area contributed by atoms with Crippen molar-refractivity contribution in [3.8, 4) is 0 Å². The van der Waals surface area contributed by atoms with E-state index in [1.807, 2.05) is 0 Å². The van der Waals surface area contributed by atoms with Crippen molar-refractivity contribution in [2.75, 3.05) is 19.4 Å². The van der Waals surface area contributed by atoms with E-state index in [4.69, 9.17) is 5.73 Å². The lowest BCUT2D eigenvalue weighted by atomic mass is 10.00. The minimum atomic E-state index is -3.33. The Balaban J connectivity index is 2.45. The number of sulfone groups is 1. The third-order valence-corrected chi connectivity index (χ3v) is 5.39. The predicted molar refractivity (Wildman–Crippen MR) is 66.3 cm³/mol. The molecule has 0 heterocycles. The maximum absolute atomic E-state index is 13.2. The third kappa shape index (κ3) is 1.94. The predicted octanol–water partition coefficient (Wildman–Crippen LogP) is 0.274. The van der Waals surface area contributed by atoms with Crippen molar-refractivity contribution in [2.24, 2.45) is 11.1 Å². The Morgan fingerprint density at radius 2 is 2.17 bits per heavy atom. The number of hydrogen-bond donors (Lipinski definition) is 2. The lowest BCUT2D eigenvalue weighted by Gasteiger charge is -2.11. The largest absolute Gasteiger partial charge is 0.396 e. The zero-order valence-corrected chi connectivity index (χ0v) is 10.8. The Morgan fingerprint density at radius 3 is 2.56 bits per heavy atom. The van der Waals surface area contributed by atoms with Crippen molar-refractivity contribution in [3.05, 3.63) is 35.6 Å². The van der Waals surface area contributed by atoms with Crippen LogP contribution in [0.1, 0.15) is 11.5 Å². The van der Waals surface area contributed by atoms with Crippen LogP contribution in [-0.4, -0.2) is 38.2 Å². The molecule has 6 heteroatoms. The normalized spacial score (nSPS) is 31.3. The van der Waals surface area contributed by atoms with Crippen LogP contribution in [0.4, 0.5) is 4.39 Å². The first-order chi connectivity index (χ1) is 8.36. The number of aliphatic hydroxyl groups is 1. The van der Waals surface area contributed by atoms with Crippen molar-refractivity contribution in [2.45, 2.75) is 11.2 Å². The molecule has 1 aliphatic carbocycles. The molecule has 3 N–H and O–H groups in total. The first-order valence-electron chi connectivity index (χ1n) is 5.62. The van der Waals surface area contributed by atoms with Crippen molar-refractivity contribution in [1.82, 2.24) is 0 Å². The lowest BCUT2D eigenvalue weighted by molar-refractivity contribution is 0.212. The van der Waals surface area contributed by atoms with Gasteiger partial charge in [-0.15, -0.1) is 0 Å². The van der Waals surface area contributed by atoms with E-state index in [1.54, 1.807) is 6.07 Å². The minimum absolute atomic E-state index is 0.0580. The summed E-state index contributed by atoms with van der Waals surface area (Å²) in [6, 6.07) is 5.79. The maximum Gasteiger partial charge on any atom is 0.151 e. The van der Waals surface area contributed by atoms with Gasteiger partial charge in [-0.2, -0.15) is 0 Å². The van der Waals surface area contributed by atoms with Crippen LogP contribution in [-0.2, 0) is 9.84 Å². The number of hydrogen-bond acceptors (Lipinski definition) is 4. The van der Waals surface area contributed by atoms with E-state index in [-0.39, 0.29) is 13.2 Å². The number of aliphatic hydroxyl groups excluding tert-OH is 1. The SMILES string of the molecule is CS(=O)(=O)[C@@H]1[C@@H](c2cccc(F)c2)[C@@]1(CN)CO. The molecule has 0 aliphatic heterocycles. The van der Waals surface area contributed by atoms with Crippen LogP contribution in [0.5, 0.6) is 0 Å². The Labute approximate surface area is 106 Å². The molecule has 1 saturated carbocycles. The van der Waals surface area contributed by atoms with Gasteiger partial charge in [-0.25, -0.2) is 12.8 Å². The second kappa shape index (κ2) is 4.29. The summed E-state index contributed by atoms with van der Waals surface area (Å²) in [6.45, 7) is -0.259. The fourth-order valence-electron chi connectivity index (χ4n) is 2.83. The van der Waals surface area contributed by atoms with Crippen LogP contribution in [0.3, 0.4) is 0 Å². The topological polar surface area (TPSA) is 80.4 Å². The molecule has 0 bridgehead atoms. The van der Waals surface area contributed by atoms with Gasteiger partial charge in [-0.3, -0.25) is 0 Å². The van der Waals surface area contributed by atoms with Gasteiger partial charge in [0.05, 0.1) is 11.9 Å². The summed E-state index contributed by atoms with van der Waals surface area (Å²) in [4.78, 5) is 0. The molecule has 4 nitrogen and oxygen atoms in total. The highest BCUT2D eigenvalue weighted by Gasteiger charge is 2.68. The Bertz CT molecular complexity index is 554. The summed E-state index contributed by atoms with van der Waals surface area (Å²) in [6.07, 6.45) is 1.12. The van der Waals surface area contributed by atoms with E-state index in [1.165, 1.54) is 18.2 Å². The molecular formula is C12H16FNO3S. The number of rotatable bonds is 4. The maximum atomic E-state index is 13.2. The van der Waals surface area contributed by atoms with E-state index in [9.17, 15) is 17.9 Å². The molecule has 18 heavy (non-hydrogen) atoms. The van der Waals surface area contributed by atoms with Crippen molar-refractivity contribution in [1.29, 1.82) is 0 Å². The third-order valence-electron chi connectivity index (χ3n) is 3.72. The molecule has 0 aromatic heterocycles. The molecule has 1 aromatic carbocycles. The van der Waals surface area contributed by atoms with E-state index < -0.39 is 32.2 Å². The first-order valence-corrected chi connectivity index (χ1v) is 7.57. The first kappa shape index (κ1) is 13.5. The van der Waals surface area contributed by atoms with Gasteiger partial charge < -0.3 is 10.8 Å². The summed E-state index contributed by atoms with van der Waals surface area (Å²) in [5, 5.41) is 8.72. The fraction of sp³-hybridized carbons (Fsp3) is 0.500. The van der Waals surface area contributed by atoms with Gasteiger partial charge in [0.15, 0.2) is 9.84 Å². The van der Waals surface area contributed by atoms with Crippen molar-refractivity contribution in [3.63, 3.8) is 0 Å². The quantitative estimate of drug-likeness (QED) is 0.825. The molecular weight excluding hydrogens is 257 g/mol. The average molecular weight is 273 g/mol. The smallest absolute Gasteiger partial charge is 0.151 e. The van der Waals surface area contributed by atoms with Crippen LogP contribution in [0, 0.1) is 11.2 Å². The molecule has 3 atom stereocenters. The Hall–Kier alpha value is -0.980. The van der Waals surface area contributed by atoms with Gasteiger partial charge in [0.25, 0.3) is 0 Å². The Morgan fingerprint density at radius 1 is 1.50 bits per heavy atom. The molecule has 1 aromatic rings. The number of nitrogens with two attached hydrogens (primary N) is 1. The molecule has 0 amide bonds. The standard InChI is InChI=1S/C12H16FNO3S/c1-18(16,17)11-10(12(11,6-14)7-15)8-3-2-4-9(13)5-8/h2-5,10-11,15H,6-7,14H2,1H3/t10-,11-,12-/m1/s1. The molecule has 1 aliphatic rings. The molecule has 0 radical (unpaired) electrons.